The lowest BCUT2D eigenvalue weighted by atomic mass is 9.82. The lowest BCUT2D eigenvalue weighted by Gasteiger charge is -2.33. The summed E-state index contributed by atoms with van der Waals surface area (Å²) in [7, 11) is 2.92. The molecule has 2 aromatic carbocycles. The molecule has 0 saturated heterocycles. The van der Waals surface area contributed by atoms with Gasteiger partial charge in [0, 0.05) is 16.7 Å². The zero-order valence-electron chi connectivity index (χ0n) is 13.1. The third-order valence-corrected chi connectivity index (χ3v) is 5.10. The van der Waals surface area contributed by atoms with E-state index >= 15 is 0 Å². The molecule has 6 heteroatoms. The monoisotopic (exact) mass is 328 g/mol. The molecule has 2 aliphatic rings. The van der Waals surface area contributed by atoms with Crippen molar-refractivity contribution in [3.05, 3.63) is 58.7 Å². The van der Waals surface area contributed by atoms with Gasteiger partial charge in [-0.15, -0.1) is 0 Å². The van der Waals surface area contributed by atoms with E-state index in [0.717, 1.165) is 0 Å². The Morgan fingerprint density at radius 1 is 0.958 bits per heavy atom. The highest BCUT2D eigenvalue weighted by molar-refractivity contribution is 6.10. The summed E-state index contributed by atoms with van der Waals surface area (Å²) < 4.78 is 10.3. The molecule has 3 atom stereocenters. The Labute approximate surface area is 137 Å². The molecule has 0 amide bonds. The summed E-state index contributed by atoms with van der Waals surface area (Å²) in [6.45, 7) is 0. The second kappa shape index (κ2) is 4.57. The van der Waals surface area contributed by atoms with Crippen molar-refractivity contribution < 1.29 is 29.6 Å². The summed E-state index contributed by atoms with van der Waals surface area (Å²) >= 11 is 0. The molecule has 4 rings (SSSR count). The lowest BCUT2D eigenvalue weighted by Crippen LogP contribution is -2.48. The van der Waals surface area contributed by atoms with Crippen LogP contribution in [0.4, 0.5) is 0 Å². The van der Waals surface area contributed by atoms with E-state index in [1.807, 2.05) is 0 Å². The van der Waals surface area contributed by atoms with Crippen molar-refractivity contribution in [2.24, 2.45) is 0 Å². The fraction of sp³-hybridized carbons (Fsp3) is 0.278. The van der Waals surface area contributed by atoms with Crippen LogP contribution >= 0.6 is 0 Å². The minimum absolute atomic E-state index is 0.150. The molecule has 0 radical (unpaired) electrons. The summed E-state index contributed by atoms with van der Waals surface area (Å²) in [4.78, 5) is 12.9. The molecule has 0 heterocycles. The van der Waals surface area contributed by atoms with Crippen molar-refractivity contribution in [2.75, 3.05) is 14.2 Å². The Morgan fingerprint density at radius 3 is 2.17 bits per heavy atom. The maximum atomic E-state index is 12.9. The molecule has 3 N–H and O–H groups in total. The van der Waals surface area contributed by atoms with E-state index in [1.165, 1.54) is 32.4 Å². The van der Waals surface area contributed by atoms with E-state index in [-0.39, 0.29) is 16.7 Å². The van der Waals surface area contributed by atoms with Gasteiger partial charge in [-0.05, 0) is 35.9 Å². The molecule has 2 aliphatic carbocycles. The average Bonchev–Trinajstić information content (AvgIpc) is 2.90. The number of hydrogen-bond donors (Lipinski definition) is 3. The van der Waals surface area contributed by atoms with Gasteiger partial charge in [-0.2, -0.15) is 0 Å². The predicted octanol–water partition coefficient (Wildman–Crippen LogP) is 1.02. The van der Waals surface area contributed by atoms with Crippen molar-refractivity contribution in [1.82, 2.24) is 0 Å². The normalized spacial score (nSPS) is 29.9. The Hall–Kier alpha value is -2.41. The van der Waals surface area contributed by atoms with E-state index in [4.69, 9.17) is 9.47 Å². The van der Waals surface area contributed by atoms with Crippen LogP contribution < -0.4 is 9.47 Å². The van der Waals surface area contributed by atoms with Crippen LogP contribution in [0.3, 0.4) is 0 Å². The SMILES string of the molecule is COc1ccc2c(c1)[C@]1(O)C(=O)c3ccc(OC)cc3[C@]1(O)[C@H]2O. The molecule has 0 unspecified atom stereocenters. The second-order valence-corrected chi connectivity index (χ2v) is 6.07. The summed E-state index contributed by atoms with van der Waals surface area (Å²) in [6.07, 6.45) is -1.46. The number of carbonyl (C=O) groups excluding carboxylic acids is 1. The smallest absolute Gasteiger partial charge is 0.202 e. The third-order valence-electron chi connectivity index (χ3n) is 5.10. The Morgan fingerprint density at radius 2 is 1.54 bits per heavy atom. The number of ketones is 1. The molecule has 6 nitrogen and oxygen atoms in total. The summed E-state index contributed by atoms with van der Waals surface area (Å²) in [5.41, 5.74) is -3.70. The molecule has 124 valence electrons. The lowest BCUT2D eigenvalue weighted by molar-refractivity contribution is -0.171. The molecular weight excluding hydrogens is 312 g/mol. The highest BCUT2D eigenvalue weighted by atomic mass is 16.5. The van der Waals surface area contributed by atoms with Gasteiger partial charge in [0.25, 0.3) is 0 Å². The van der Waals surface area contributed by atoms with Gasteiger partial charge in [0.05, 0.1) is 14.2 Å². The van der Waals surface area contributed by atoms with E-state index in [1.54, 1.807) is 18.2 Å². The number of rotatable bonds is 2. The van der Waals surface area contributed by atoms with Crippen LogP contribution in [0.1, 0.15) is 33.2 Å². The van der Waals surface area contributed by atoms with Crippen LogP contribution in [-0.4, -0.2) is 35.3 Å². The quantitative estimate of drug-likeness (QED) is 0.762. The van der Waals surface area contributed by atoms with Crippen LogP contribution in [0, 0.1) is 0 Å². The van der Waals surface area contributed by atoms with Gasteiger partial charge in [0.15, 0.2) is 11.2 Å². The van der Waals surface area contributed by atoms with Gasteiger partial charge in [0.2, 0.25) is 5.78 Å². The van der Waals surface area contributed by atoms with E-state index in [2.05, 4.69) is 0 Å². The average molecular weight is 328 g/mol. The summed E-state index contributed by atoms with van der Waals surface area (Å²) in [6, 6.07) is 9.14. The highest BCUT2D eigenvalue weighted by Crippen LogP contribution is 2.62. The van der Waals surface area contributed by atoms with Crippen LogP contribution in [0.5, 0.6) is 11.5 Å². The van der Waals surface area contributed by atoms with Crippen LogP contribution in [0.15, 0.2) is 36.4 Å². The van der Waals surface area contributed by atoms with E-state index < -0.39 is 23.1 Å². The molecular formula is C18H16O6. The van der Waals surface area contributed by atoms with Gasteiger partial charge in [-0.25, -0.2) is 0 Å². The maximum Gasteiger partial charge on any atom is 0.202 e. The van der Waals surface area contributed by atoms with Gasteiger partial charge >= 0.3 is 0 Å². The third kappa shape index (κ3) is 1.44. The molecule has 0 aromatic heterocycles. The minimum atomic E-state index is -2.27. The van der Waals surface area contributed by atoms with Crippen molar-refractivity contribution in [3.63, 3.8) is 0 Å². The summed E-state index contributed by atoms with van der Waals surface area (Å²) in [5, 5.41) is 33.2. The zero-order valence-corrected chi connectivity index (χ0v) is 13.1. The van der Waals surface area contributed by atoms with Gasteiger partial charge < -0.3 is 24.8 Å². The number of hydrogen-bond acceptors (Lipinski definition) is 6. The van der Waals surface area contributed by atoms with Gasteiger partial charge in [-0.1, -0.05) is 6.07 Å². The maximum absolute atomic E-state index is 12.9. The van der Waals surface area contributed by atoms with Crippen molar-refractivity contribution in [1.29, 1.82) is 0 Å². The van der Waals surface area contributed by atoms with Crippen molar-refractivity contribution >= 4 is 5.78 Å². The van der Waals surface area contributed by atoms with Crippen molar-refractivity contribution in [3.8, 4) is 11.5 Å². The molecule has 0 fully saturated rings. The molecule has 0 aliphatic heterocycles. The molecule has 0 saturated carbocycles. The first-order valence-corrected chi connectivity index (χ1v) is 7.44. The number of ether oxygens (including phenoxy) is 2. The molecule has 2 aromatic rings. The zero-order chi connectivity index (χ0) is 17.3. The standard InChI is InChI=1S/C18H16O6/c1-23-9-3-5-11-13(7-9)17(21)16(20)12-6-4-10(24-2)8-14(12)18(17,22)15(11)19/h3-8,15,19,21-22H,1-2H3/t15-,17-,18-/m0/s1. The fourth-order valence-corrected chi connectivity index (χ4v) is 3.84. The van der Waals surface area contributed by atoms with Crippen LogP contribution in [0.2, 0.25) is 0 Å². The second-order valence-electron chi connectivity index (χ2n) is 6.07. The van der Waals surface area contributed by atoms with Crippen LogP contribution in [0.25, 0.3) is 0 Å². The van der Waals surface area contributed by atoms with Gasteiger partial charge in [0.1, 0.15) is 17.6 Å². The Bertz CT molecular complexity index is 876. The van der Waals surface area contributed by atoms with Crippen LogP contribution in [-0.2, 0) is 11.2 Å². The Kier molecular flexibility index (Phi) is 2.88. The van der Waals surface area contributed by atoms with E-state index in [0.29, 0.717) is 17.1 Å². The summed E-state index contributed by atoms with van der Waals surface area (Å²) in [5.74, 6) is 0.175. The predicted molar refractivity (Wildman–Crippen MR) is 83.1 cm³/mol. The number of aliphatic hydroxyl groups is 3. The molecule has 24 heavy (non-hydrogen) atoms. The topological polar surface area (TPSA) is 96.2 Å². The largest absolute Gasteiger partial charge is 0.497 e. The number of benzene rings is 2. The van der Waals surface area contributed by atoms with E-state index in [9.17, 15) is 20.1 Å². The fourth-order valence-electron chi connectivity index (χ4n) is 3.84. The number of Topliss-reactive ketones (excluding diaryl/α,β-unsaturated/α-hetero) is 1. The van der Waals surface area contributed by atoms with Crippen molar-refractivity contribution in [2.45, 2.75) is 17.3 Å². The number of carbonyl (C=O) groups is 1. The number of fused-ring (bicyclic) bond motifs is 5. The number of methoxy groups -OCH3 is 2. The molecule has 0 spiro atoms. The van der Waals surface area contributed by atoms with Gasteiger partial charge in [-0.3, -0.25) is 4.79 Å². The first kappa shape index (κ1) is 15.1. The first-order valence-electron chi connectivity index (χ1n) is 7.44. The Balaban J connectivity index is 2.04. The highest BCUT2D eigenvalue weighted by Gasteiger charge is 2.71. The minimum Gasteiger partial charge on any atom is -0.497 e. The first-order chi connectivity index (χ1) is 11.4. The molecule has 0 bridgehead atoms. The number of aliphatic hydroxyl groups excluding tert-OH is 1.